The SMILES string of the molecule is CC1CCC(CN)(NC(=O)Cc2cccc(O)c2)CC1. The van der Waals surface area contributed by atoms with Gasteiger partial charge in [-0.2, -0.15) is 0 Å². The van der Waals surface area contributed by atoms with Crippen LogP contribution in [0, 0.1) is 5.92 Å². The largest absolute Gasteiger partial charge is 0.508 e. The van der Waals surface area contributed by atoms with Crippen LogP contribution in [-0.4, -0.2) is 23.1 Å². The summed E-state index contributed by atoms with van der Waals surface area (Å²) in [5.74, 6) is 0.892. The molecule has 0 unspecified atom stereocenters. The van der Waals surface area contributed by atoms with Gasteiger partial charge in [-0.3, -0.25) is 4.79 Å². The van der Waals surface area contributed by atoms with E-state index in [1.165, 1.54) is 0 Å². The zero-order valence-electron chi connectivity index (χ0n) is 12.1. The molecule has 0 aromatic heterocycles. The van der Waals surface area contributed by atoms with Gasteiger partial charge in [0.2, 0.25) is 5.91 Å². The van der Waals surface area contributed by atoms with E-state index in [4.69, 9.17) is 5.73 Å². The lowest BCUT2D eigenvalue weighted by atomic mass is 9.77. The van der Waals surface area contributed by atoms with E-state index in [0.717, 1.165) is 37.2 Å². The number of rotatable bonds is 4. The summed E-state index contributed by atoms with van der Waals surface area (Å²) >= 11 is 0. The highest BCUT2D eigenvalue weighted by atomic mass is 16.3. The Balaban J connectivity index is 1.96. The van der Waals surface area contributed by atoms with Gasteiger partial charge >= 0.3 is 0 Å². The van der Waals surface area contributed by atoms with Crippen molar-refractivity contribution in [2.75, 3.05) is 6.54 Å². The number of amides is 1. The number of carbonyl (C=O) groups excluding carboxylic acids is 1. The molecule has 1 fully saturated rings. The van der Waals surface area contributed by atoms with Crippen molar-refractivity contribution in [3.63, 3.8) is 0 Å². The van der Waals surface area contributed by atoms with Crippen molar-refractivity contribution < 1.29 is 9.90 Å². The summed E-state index contributed by atoms with van der Waals surface area (Å²) in [6.07, 6.45) is 4.42. The Morgan fingerprint density at radius 3 is 2.75 bits per heavy atom. The third kappa shape index (κ3) is 3.73. The number of nitrogens with two attached hydrogens (primary N) is 1. The second kappa shape index (κ2) is 6.27. The number of nitrogens with one attached hydrogen (secondary N) is 1. The minimum atomic E-state index is -0.236. The highest BCUT2D eigenvalue weighted by molar-refractivity contribution is 5.79. The molecule has 1 aliphatic carbocycles. The van der Waals surface area contributed by atoms with Crippen LogP contribution >= 0.6 is 0 Å². The Bertz CT molecular complexity index is 465. The lowest BCUT2D eigenvalue weighted by Crippen LogP contribution is -2.55. The fourth-order valence-corrected chi connectivity index (χ4v) is 2.89. The van der Waals surface area contributed by atoms with Crippen LogP contribution in [0.3, 0.4) is 0 Å². The molecule has 2 rings (SSSR count). The van der Waals surface area contributed by atoms with E-state index >= 15 is 0 Å². The topological polar surface area (TPSA) is 75.3 Å². The summed E-state index contributed by atoms with van der Waals surface area (Å²) < 4.78 is 0. The molecule has 0 bridgehead atoms. The van der Waals surface area contributed by atoms with Crippen molar-refractivity contribution in [2.24, 2.45) is 11.7 Å². The quantitative estimate of drug-likeness (QED) is 0.787. The molecule has 1 aromatic rings. The molecule has 20 heavy (non-hydrogen) atoms. The van der Waals surface area contributed by atoms with Gasteiger partial charge in [0.15, 0.2) is 0 Å². The molecule has 0 aliphatic heterocycles. The molecule has 4 N–H and O–H groups in total. The summed E-state index contributed by atoms with van der Waals surface area (Å²) in [7, 11) is 0. The predicted octanol–water partition coefficient (Wildman–Crippen LogP) is 1.96. The second-order valence-corrected chi connectivity index (χ2v) is 6.06. The van der Waals surface area contributed by atoms with Gasteiger partial charge in [0.1, 0.15) is 5.75 Å². The summed E-state index contributed by atoms with van der Waals surface area (Å²) in [5, 5.41) is 12.5. The Labute approximate surface area is 120 Å². The van der Waals surface area contributed by atoms with Crippen LogP contribution in [0.4, 0.5) is 0 Å². The average Bonchev–Trinajstić information content (AvgIpc) is 2.41. The predicted molar refractivity (Wildman–Crippen MR) is 79.4 cm³/mol. The molecule has 0 saturated heterocycles. The number of phenols is 1. The minimum Gasteiger partial charge on any atom is -0.508 e. The molecule has 1 aromatic carbocycles. The summed E-state index contributed by atoms with van der Waals surface area (Å²) in [6.45, 7) is 2.74. The molecule has 4 nitrogen and oxygen atoms in total. The number of aromatic hydroxyl groups is 1. The van der Waals surface area contributed by atoms with Gasteiger partial charge in [0.05, 0.1) is 12.0 Å². The number of hydrogen-bond donors (Lipinski definition) is 3. The van der Waals surface area contributed by atoms with Gasteiger partial charge in [0, 0.05) is 6.54 Å². The van der Waals surface area contributed by atoms with E-state index in [2.05, 4.69) is 12.2 Å². The van der Waals surface area contributed by atoms with Crippen LogP contribution in [0.2, 0.25) is 0 Å². The van der Waals surface area contributed by atoms with E-state index in [9.17, 15) is 9.90 Å². The number of carbonyl (C=O) groups is 1. The van der Waals surface area contributed by atoms with Gasteiger partial charge in [0.25, 0.3) is 0 Å². The van der Waals surface area contributed by atoms with E-state index in [1.807, 2.05) is 6.07 Å². The van der Waals surface area contributed by atoms with E-state index < -0.39 is 0 Å². The average molecular weight is 276 g/mol. The van der Waals surface area contributed by atoms with Crippen molar-refractivity contribution in [1.29, 1.82) is 0 Å². The Hall–Kier alpha value is -1.55. The van der Waals surface area contributed by atoms with Gasteiger partial charge in [-0.25, -0.2) is 0 Å². The number of hydrogen-bond acceptors (Lipinski definition) is 3. The molecule has 1 amide bonds. The first-order chi connectivity index (χ1) is 9.53. The van der Waals surface area contributed by atoms with Gasteiger partial charge in [-0.1, -0.05) is 19.1 Å². The van der Waals surface area contributed by atoms with Crippen molar-refractivity contribution in [2.45, 2.75) is 44.6 Å². The zero-order valence-corrected chi connectivity index (χ0v) is 12.1. The van der Waals surface area contributed by atoms with Crippen LogP contribution in [0.15, 0.2) is 24.3 Å². The lowest BCUT2D eigenvalue weighted by molar-refractivity contribution is -0.122. The maximum atomic E-state index is 12.2. The van der Waals surface area contributed by atoms with E-state index in [-0.39, 0.29) is 23.6 Å². The van der Waals surface area contributed by atoms with Crippen molar-refractivity contribution in [1.82, 2.24) is 5.32 Å². The van der Waals surface area contributed by atoms with Crippen molar-refractivity contribution >= 4 is 5.91 Å². The smallest absolute Gasteiger partial charge is 0.224 e. The Morgan fingerprint density at radius 2 is 2.15 bits per heavy atom. The Morgan fingerprint density at radius 1 is 1.45 bits per heavy atom. The normalized spacial score (nSPS) is 26.2. The summed E-state index contributed by atoms with van der Waals surface area (Å²) in [5.41, 5.74) is 6.48. The molecular formula is C16H24N2O2. The van der Waals surface area contributed by atoms with Crippen molar-refractivity contribution in [3.8, 4) is 5.75 Å². The second-order valence-electron chi connectivity index (χ2n) is 6.06. The first-order valence-corrected chi connectivity index (χ1v) is 7.32. The van der Waals surface area contributed by atoms with Crippen LogP contribution in [0.25, 0.3) is 0 Å². The highest BCUT2D eigenvalue weighted by Crippen LogP contribution is 2.31. The maximum absolute atomic E-state index is 12.2. The molecule has 110 valence electrons. The van der Waals surface area contributed by atoms with Gasteiger partial charge < -0.3 is 16.2 Å². The van der Waals surface area contributed by atoms with Gasteiger partial charge in [-0.15, -0.1) is 0 Å². The molecule has 0 heterocycles. The molecule has 4 heteroatoms. The molecule has 1 saturated carbocycles. The van der Waals surface area contributed by atoms with Crippen LogP contribution in [-0.2, 0) is 11.2 Å². The van der Waals surface area contributed by atoms with Crippen LogP contribution in [0.1, 0.15) is 38.2 Å². The summed E-state index contributed by atoms with van der Waals surface area (Å²) in [6, 6.07) is 6.82. The highest BCUT2D eigenvalue weighted by Gasteiger charge is 2.34. The van der Waals surface area contributed by atoms with E-state index in [1.54, 1.807) is 18.2 Å². The van der Waals surface area contributed by atoms with Crippen molar-refractivity contribution in [3.05, 3.63) is 29.8 Å². The number of phenolic OH excluding ortho intramolecular Hbond substituents is 1. The summed E-state index contributed by atoms with van der Waals surface area (Å²) in [4.78, 5) is 12.2. The number of benzene rings is 1. The molecule has 0 radical (unpaired) electrons. The maximum Gasteiger partial charge on any atom is 0.224 e. The monoisotopic (exact) mass is 276 g/mol. The first kappa shape index (κ1) is 14.9. The van der Waals surface area contributed by atoms with E-state index in [0.29, 0.717) is 6.54 Å². The Kier molecular flexibility index (Phi) is 4.65. The third-order valence-electron chi connectivity index (χ3n) is 4.30. The lowest BCUT2D eigenvalue weighted by Gasteiger charge is -2.39. The van der Waals surface area contributed by atoms with Crippen LogP contribution in [0.5, 0.6) is 5.75 Å². The van der Waals surface area contributed by atoms with Gasteiger partial charge in [-0.05, 0) is 49.3 Å². The van der Waals surface area contributed by atoms with Crippen LogP contribution < -0.4 is 11.1 Å². The first-order valence-electron chi connectivity index (χ1n) is 7.32. The third-order valence-corrected chi connectivity index (χ3v) is 4.30. The minimum absolute atomic E-state index is 0.0180. The molecule has 0 atom stereocenters. The molecular weight excluding hydrogens is 252 g/mol. The zero-order chi connectivity index (χ0) is 14.6. The standard InChI is InChI=1S/C16H24N2O2/c1-12-5-7-16(11-17,8-6-12)18-15(20)10-13-3-2-4-14(19)9-13/h2-4,9,12,19H,5-8,10-11,17H2,1H3,(H,18,20). The fourth-order valence-electron chi connectivity index (χ4n) is 2.89. The molecule has 0 spiro atoms. The fraction of sp³-hybridized carbons (Fsp3) is 0.562. The molecule has 1 aliphatic rings.